The Morgan fingerprint density at radius 1 is 1.75 bits per heavy atom. The summed E-state index contributed by atoms with van der Waals surface area (Å²) in [6, 6.07) is 0.0590. The third-order valence-electron chi connectivity index (χ3n) is 2.11. The molecule has 70 valence electrons. The van der Waals surface area contributed by atoms with Gasteiger partial charge in [0.1, 0.15) is 0 Å². The first-order valence-electron chi connectivity index (χ1n) is 4.21. The third kappa shape index (κ3) is 2.19. The second-order valence-electron chi connectivity index (χ2n) is 3.11. The summed E-state index contributed by atoms with van der Waals surface area (Å²) in [4.78, 5) is 12.3. The molecule has 1 aliphatic rings. The highest BCUT2D eigenvalue weighted by molar-refractivity contribution is 5.48. The van der Waals surface area contributed by atoms with E-state index in [-0.39, 0.29) is 18.8 Å². The summed E-state index contributed by atoms with van der Waals surface area (Å²) in [5, 5.41) is 8.70. The molecule has 0 aromatic rings. The van der Waals surface area contributed by atoms with E-state index in [0.29, 0.717) is 19.6 Å². The number of morpholine rings is 1. The van der Waals surface area contributed by atoms with Crippen LogP contribution in [0, 0.1) is 0 Å². The second kappa shape index (κ2) is 4.42. The number of carbonyl (C=O) groups excluding carboxylic acids is 1. The Morgan fingerprint density at radius 2 is 2.50 bits per heavy atom. The van der Waals surface area contributed by atoms with Gasteiger partial charge in [0.25, 0.3) is 0 Å². The molecule has 0 bridgehead atoms. The number of aliphatic hydroxyl groups excluding tert-OH is 1. The summed E-state index contributed by atoms with van der Waals surface area (Å²) in [5.74, 6) is 0. The van der Waals surface area contributed by atoms with Gasteiger partial charge in [0.05, 0.1) is 18.8 Å². The van der Waals surface area contributed by atoms with E-state index in [1.165, 1.54) is 0 Å². The van der Waals surface area contributed by atoms with E-state index in [2.05, 4.69) is 0 Å². The van der Waals surface area contributed by atoms with E-state index in [1.54, 1.807) is 4.90 Å². The lowest BCUT2D eigenvalue weighted by atomic mass is 10.1. The number of amides is 1. The number of rotatable bonds is 3. The standard InChI is InChI=1S/C8H15NO3/c1-7-4-9(6-11)8(2-3-10)5-12-7/h6-8,10H,2-5H2,1H3/t7?,8-/m1/s1. The highest BCUT2D eigenvalue weighted by Crippen LogP contribution is 2.11. The molecular formula is C8H15NO3. The van der Waals surface area contributed by atoms with Crippen LogP contribution in [-0.4, -0.2) is 48.3 Å². The summed E-state index contributed by atoms with van der Waals surface area (Å²) < 4.78 is 5.36. The van der Waals surface area contributed by atoms with E-state index in [4.69, 9.17) is 9.84 Å². The Kier molecular flexibility index (Phi) is 3.49. The number of hydrogen-bond acceptors (Lipinski definition) is 3. The quantitative estimate of drug-likeness (QED) is 0.591. The molecule has 1 aliphatic heterocycles. The van der Waals surface area contributed by atoms with Crippen LogP contribution in [0.4, 0.5) is 0 Å². The van der Waals surface area contributed by atoms with Crippen LogP contribution in [0.3, 0.4) is 0 Å². The average Bonchev–Trinajstić information content (AvgIpc) is 2.08. The summed E-state index contributed by atoms with van der Waals surface area (Å²) in [6.45, 7) is 3.22. The topological polar surface area (TPSA) is 49.8 Å². The van der Waals surface area contributed by atoms with E-state index >= 15 is 0 Å². The van der Waals surface area contributed by atoms with Crippen molar-refractivity contribution >= 4 is 6.41 Å². The van der Waals surface area contributed by atoms with E-state index in [9.17, 15) is 4.79 Å². The molecule has 2 atom stereocenters. The fraction of sp³-hybridized carbons (Fsp3) is 0.875. The number of ether oxygens (including phenoxy) is 1. The molecule has 1 saturated heterocycles. The molecule has 1 N–H and O–H groups in total. The zero-order valence-electron chi connectivity index (χ0n) is 7.27. The maximum Gasteiger partial charge on any atom is 0.210 e. The van der Waals surface area contributed by atoms with Crippen molar-refractivity contribution in [2.75, 3.05) is 19.8 Å². The minimum absolute atomic E-state index is 0.0590. The SMILES string of the molecule is CC1CN(C=O)[C@H](CCO)CO1. The first-order chi connectivity index (χ1) is 5.77. The summed E-state index contributed by atoms with van der Waals surface area (Å²) >= 11 is 0. The van der Waals surface area contributed by atoms with Gasteiger partial charge < -0.3 is 14.7 Å². The van der Waals surface area contributed by atoms with Crippen molar-refractivity contribution in [1.82, 2.24) is 4.90 Å². The highest BCUT2D eigenvalue weighted by Gasteiger charge is 2.24. The van der Waals surface area contributed by atoms with Crippen molar-refractivity contribution in [2.45, 2.75) is 25.5 Å². The van der Waals surface area contributed by atoms with Crippen LogP contribution in [0.5, 0.6) is 0 Å². The van der Waals surface area contributed by atoms with Gasteiger partial charge in [-0.2, -0.15) is 0 Å². The fourth-order valence-electron chi connectivity index (χ4n) is 1.40. The summed E-state index contributed by atoms with van der Waals surface area (Å²) in [6.07, 6.45) is 1.55. The Morgan fingerprint density at radius 3 is 3.08 bits per heavy atom. The van der Waals surface area contributed by atoms with Crippen molar-refractivity contribution in [2.24, 2.45) is 0 Å². The van der Waals surface area contributed by atoms with Gasteiger partial charge in [-0.15, -0.1) is 0 Å². The van der Waals surface area contributed by atoms with Crippen molar-refractivity contribution in [1.29, 1.82) is 0 Å². The normalized spacial score (nSPS) is 30.3. The Hall–Kier alpha value is -0.610. The van der Waals surface area contributed by atoms with Crippen molar-refractivity contribution in [3.8, 4) is 0 Å². The molecule has 0 aromatic carbocycles. The molecule has 1 fully saturated rings. The number of carbonyl (C=O) groups is 1. The molecule has 0 spiro atoms. The van der Waals surface area contributed by atoms with Gasteiger partial charge >= 0.3 is 0 Å². The van der Waals surface area contributed by atoms with Gasteiger partial charge in [0.15, 0.2) is 0 Å². The van der Waals surface area contributed by atoms with Crippen LogP contribution >= 0.6 is 0 Å². The summed E-state index contributed by atoms with van der Waals surface area (Å²) in [5.41, 5.74) is 0. The molecule has 0 radical (unpaired) electrons. The van der Waals surface area contributed by atoms with Gasteiger partial charge in [0.2, 0.25) is 6.41 Å². The highest BCUT2D eigenvalue weighted by atomic mass is 16.5. The molecule has 12 heavy (non-hydrogen) atoms. The van der Waals surface area contributed by atoms with Gasteiger partial charge in [-0.05, 0) is 13.3 Å². The fourth-order valence-corrected chi connectivity index (χ4v) is 1.40. The molecule has 0 saturated carbocycles. The van der Waals surface area contributed by atoms with Crippen LogP contribution in [0.15, 0.2) is 0 Å². The molecule has 1 rings (SSSR count). The van der Waals surface area contributed by atoms with Crippen LogP contribution in [0.25, 0.3) is 0 Å². The predicted octanol–water partition coefficient (Wildman–Crippen LogP) is -0.385. The predicted molar refractivity (Wildman–Crippen MR) is 43.7 cm³/mol. The molecule has 4 nitrogen and oxygen atoms in total. The van der Waals surface area contributed by atoms with E-state index in [0.717, 1.165) is 6.41 Å². The average molecular weight is 173 g/mol. The Bertz CT molecular complexity index is 151. The lowest BCUT2D eigenvalue weighted by Gasteiger charge is -2.35. The van der Waals surface area contributed by atoms with Crippen LogP contribution in [0.2, 0.25) is 0 Å². The van der Waals surface area contributed by atoms with Crippen molar-refractivity contribution in [3.05, 3.63) is 0 Å². The number of nitrogens with zero attached hydrogens (tertiary/aromatic N) is 1. The largest absolute Gasteiger partial charge is 0.396 e. The lowest BCUT2D eigenvalue weighted by Crippen LogP contribution is -2.48. The smallest absolute Gasteiger partial charge is 0.210 e. The lowest BCUT2D eigenvalue weighted by molar-refractivity contribution is -0.131. The molecular weight excluding hydrogens is 158 g/mol. The molecule has 1 amide bonds. The third-order valence-corrected chi connectivity index (χ3v) is 2.11. The molecule has 0 aromatic heterocycles. The molecule has 1 heterocycles. The Labute approximate surface area is 72.1 Å². The van der Waals surface area contributed by atoms with Crippen LogP contribution in [0.1, 0.15) is 13.3 Å². The maximum absolute atomic E-state index is 10.6. The van der Waals surface area contributed by atoms with Crippen LogP contribution < -0.4 is 0 Å². The van der Waals surface area contributed by atoms with E-state index < -0.39 is 0 Å². The molecule has 1 unspecified atom stereocenters. The minimum atomic E-state index is 0.0590. The van der Waals surface area contributed by atoms with Crippen molar-refractivity contribution in [3.63, 3.8) is 0 Å². The van der Waals surface area contributed by atoms with Gasteiger partial charge in [0, 0.05) is 13.2 Å². The zero-order chi connectivity index (χ0) is 8.97. The first-order valence-corrected chi connectivity index (χ1v) is 4.21. The zero-order valence-corrected chi connectivity index (χ0v) is 7.27. The molecule has 0 aliphatic carbocycles. The minimum Gasteiger partial charge on any atom is -0.396 e. The maximum atomic E-state index is 10.6. The monoisotopic (exact) mass is 173 g/mol. The van der Waals surface area contributed by atoms with Gasteiger partial charge in [-0.25, -0.2) is 0 Å². The number of hydrogen-bond donors (Lipinski definition) is 1. The summed E-state index contributed by atoms with van der Waals surface area (Å²) in [7, 11) is 0. The molecule has 4 heteroatoms. The number of aliphatic hydroxyl groups is 1. The Balaban J connectivity index is 2.44. The second-order valence-corrected chi connectivity index (χ2v) is 3.11. The van der Waals surface area contributed by atoms with Gasteiger partial charge in [-0.1, -0.05) is 0 Å². The van der Waals surface area contributed by atoms with E-state index in [1.807, 2.05) is 6.92 Å². The van der Waals surface area contributed by atoms with Crippen molar-refractivity contribution < 1.29 is 14.6 Å². The van der Waals surface area contributed by atoms with Gasteiger partial charge in [-0.3, -0.25) is 4.79 Å². The van der Waals surface area contributed by atoms with Crippen LogP contribution in [-0.2, 0) is 9.53 Å². The first kappa shape index (κ1) is 9.48.